The highest BCUT2D eigenvalue weighted by atomic mass is 127. The lowest BCUT2D eigenvalue weighted by atomic mass is 10.2. The molecule has 15 nitrogen and oxygen atoms in total. The van der Waals surface area contributed by atoms with Crippen LogP contribution in [0.3, 0.4) is 0 Å². The Balaban J connectivity index is 1.77. The van der Waals surface area contributed by atoms with Gasteiger partial charge in [-0.05, 0) is 90.9 Å². The van der Waals surface area contributed by atoms with Gasteiger partial charge in [-0.1, -0.05) is 24.3 Å². The maximum Gasteiger partial charge on any atom is 0.407 e. The van der Waals surface area contributed by atoms with E-state index in [0.717, 1.165) is 4.31 Å². The highest BCUT2D eigenvalue weighted by molar-refractivity contribution is 14.1. The number of carbonyl (C=O) groups excluding carboxylic acids is 1. The van der Waals surface area contributed by atoms with E-state index in [-0.39, 0.29) is 37.7 Å². The number of aliphatic imine (C=N–C) groups is 1. The van der Waals surface area contributed by atoms with Gasteiger partial charge in [-0.15, -0.1) is 5.11 Å². The van der Waals surface area contributed by atoms with Crippen molar-refractivity contribution in [2.24, 2.45) is 15.2 Å². The smallest absolute Gasteiger partial charge is 0.407 e. The number of alkyl carbamates (subject to hydrolysis) is 1. The van der Waals surface area contributed by atoms with Gasteiger partial charge in [-0.25, -0.2) is 31.3 Å². The Morgan fingerprint density at radius 2 is 1.48 bits per heavy atom. The minimum atomic E-state index is -4.68. The number of nitrogens with zero attached hydrogens (tertiary/aromatic N) is 4. The first kappa shape index (κ1) is 39.1. The van der Waals surface area contributed by atoms with Crippen molar-refractivity contribution in [3.05, 3.63) is 80.9 Å². The van der Waals surface area contributed by atoms with Crippen molar-refractivity contribution in [1.82, 2.24) is 14.3 Å². The molecule has 0 bridgehead atoms. The Morgan fingerprint density at radius 3 is 1.96 bits per heavy atom. The maximum absolute atomic E-state index is 15.0. The highest BCUT2D eigenvalue weighted by Crippen LogP contribution is 2.34. The topological polar surface area (TPSA) is 198 Å². The van der Waals surface area contributed by atoms with Crippen molar-refractivity contribution in [3.8, 4) is 11.5 Å². The Hall–Kier alpha value is -3.69. The Morgan fingerprint density at radius 1 is 0.920 bits per heavy atom. The molecule has 0 unspecified atom stereocenters. The first-order valence-electron chi connectivity index (χ1n) is 15.2. The van der Waals surface area contributed by atoms with E-state index in [1.165, 1.54) is 26.4 Å². The van der Waals surface area contributed by atoms with Crippen LogP contribution in [0.4, 0.5) is 4.79 Å². The molecular weight excluding hydrogens is 803 g/mol. The van der Waals surface area contributed by atoms with E-state index < -0.39 is 54.2 Å². The number of rotatable bonds is 15. The fraction of sp³-hybridized carbons (Fsp3) is 0.375. The van der Waals surface area contributed by atoms with Crippen LogP contribution in [-0.4, -0.2) is 83.9 Å². The molecule has 4 rings (SSSR count). The molecule has 3 aromatic rings. The molecule has 50 heavy (non-hydrogen) atoms. The van der Waals surface area contributed by atoms with Gasteiger partial charge in [0.1, 0.15) is 26.9 Å². The lowest BCUT2D eigenvalue weighted by Crippen LogP contribution is -2.42. The van der Waals surface area contributed by atoms with Crippen LogP contribution in [0.5, 0.6) is 11.5 Å². The number of amides is 1. The zero-order valence-corrected chi connectivity index (χ0v) is 31.9. The average Bonchev–Trinajstić information content (AvgIpc) is 3.60. The van der Waals surface area contributed by atoms with Gasteiger partial charge in [-0.3, -0.25) is 0 Å². The Labute approximate surface area is 305 Å². The van der Waals surface area contributed by atoms with Gasteiger partial charge in [0.2, 0.25) is 20.0 Å². The third-order valence-electron chi connectivity index (χ3n) is 7.06. The summed E-state index contributed by atoms with van der Waals surface area (Å²) in [5, 5.41) is 20.8. The van der Waals surface area contributed by atoms with Gasteiger partial charge in [0.15, 0.2) is 12.5 Å². The van der Waals surface area contributed by atoms with Crippen molar-refractivity contribution in [1.29, 1.82) is 0 Å². The van der Waals surface area contributed by atoms with E-state index in [0.29, 0.717) is 26.2 Å². The van der Waals surface area contributed by atoms with E-state index in [1.54, 1.807) is 69.3 Å². The summed E-state index contributed by atoms with van der Waals surface area (Å²) in [5.74, 6) is 1.11. The highest BCUT2D eigenvalue weighted by Gasteiger charge is 2.37. The number of hydrogen-bond acceptors (Lipinski definition) is 12. The molecule has 3 aromatic carbocycles. The molecule has 0 radical (unpaired) electrons. The standard InChI is InChI=1S/C32H39IN6O9S2/c1-32(2,3)48-31(41)34-16-23(40)17-37-49(42,43)27-15-14-26(33)28(30-35-20-36-38-30)29(27)50(44,45)39(18-21-6-10-24(46-4)11-7-21)19-22-8-12-25(47-5)13-9-22/h6-15,23,37,40H,16-20H2,1-5H3,(H,34,41)/t23-/m0/s1. The van der Waals surface area contributed by atoms with Gasteiger partial charge in [0, 0.05) is 29.7 Å². The number of benzene rings is 3. The van der Waals surface area contributed by atoms with Gasteiger partial charge in [-0.2, -0.15) is 9.42 Å². The molecule has 270 valence electrons. The third kappa shape index (κ3) is 10.2. The molecular formula is C32H39IN6O9S2. The van der Waals surface area contributed by atoms with E-state index in [2.05, 4.69) is 25.3 Å². The molecule has 0 saturated carbocycles. The molecule has 1 atom stereocenters. The third-order valence-corrected chi connectivity index (χ3v) is 11.4. The molecule has 1 aliphatic rings. The second-order valence-corrected chi connectivity index (χ2v) is 16.7. The SMILES string of the molecule is COc1ccc(CN(Cc2ccc(OC)cc2)S(=O)(=O)c2c(S(=O)(=O)NC[C@@H](O)CNC(=O)OC(C)(C)C)ccc(I)c2C2=NCN=N2)cc1. The Bertz CT molecular complexity index is 1900. The molecule has 3 N–H and O–H groups in total. The minimum Gasteiger partial charge on any atom is -0.497 e. The zero-order chi connectivity index (χ0) is 36.7. The van der Waals surface area contributed by atoms with Gasteiger partial charge in [0.05, 0.1) is 25.9 Å². The number of azo groups is 1. The zero-order valence-electron chi connectivity index (χ0n) is 28.1. The summed E-state index contributed by atoms with van der Waals surface area (Å²) in [6.45, 7) is 3.79. The van der Waals surface area contributed by atoms with Crippen molar-refractivity contribution < 1.29 is 40.9 Å². The average molecular weight is 843 g/mol. The maximum atomic E-state index is 15.0. The summed E-state index contributed by atoms with van der Waals surface area (Å²) in [6, 6.07) is 16.3. The molecule has 1 heterocycles. The largest absolute Gasteiger partial charge is 0.497 e. The van der Waals surface area contributed by atoms with Crippen LogP contribution in [-0.2, 0) is 37.9 Å². The predicted octanol–water partition coefficient (Wildman–Crippen LogP) is 4.03. The fourth-order valence-electron chi connectivity index (χ4n) is 4.67. The van der Waals surface area contributed by atoms with Gasteiger partial charge >= 0.3 is 6.09 Å². The van der Waals surface area contributed by atoms with Crippen LogP contribution in [0.2, 0.25) is 0 Å². The second kappa shape index (κ2) is 16.6. The molecule has 1 aliphatic heterocycles. The fourth-order valence-corrected chi connectivity index (χ4v) is 9.03. The normalized spacial score (nSPS) is 14.0. The van der Waals surface area contributed by atoms with Crippen molar-refractivity contribution in [2.45, 2.75) is 55.4 Å². The van der Waals surface area contributed by atoms with Crippen LogP contribution in [0, 0.1) is 3.57 Å². The minimum absolute atomic E-state index is 0.0312. The predicted molar refractivity (Wildman–Crippen MR) is 193 cm³/mol. The summed E-state index contributed by atoms with van der Waals surface area (Å²) < 4.78 is 77.3. The van der Waals surface area contributed by atoms with Gasteiger partial charge in [0.25, 0.3) is 0 Å². The van der Waals surface area contributed by atoms with Crippen LogP contribution in [0.15, 0.2) is 85.7 Å². The second-order valence-electron chi connectivity index (χ2n) is 12.0. The summed E-state index contributed by atoms with van der Waals surface area (Å²) in [7, 11) is -6.27. The number of sulfonamides is 2. The van der Waals surface area contributed by atoms with E-state index in [9.17, 15) is 26.7 Å². The number of hydrogen-bond donors (Lipinski definition) is 3. The monoisotopic (exact) mass is 842 g/mol. The molecule has 1 amide bonds. The number of aliphatic hydroxyl groups excluding tert-OH is 1. The molecule has 0 spiro atoms. The summed E-state index contributed by atoms with van der Waals surface area (Å²) in [5.41, 5.74) is 0.405. The summed E-state index contributed by atoms with van der Waals surface area (Å²) in [4.78, 5) is 15.1. The van der Waals surface area contributed by atoms with Crippen molar-refractivity contribution in [3.63, 3.8) is 0 Å². The lowest BCUT2D eigenvalue weighted by molar-refractivity contribution is 0.0494. The van der Waals surface area contributed by atoms with Crippen LogP contribution in [0.1, 0.15) is 37.5 Å². The van der Waals surface area contributed by atoms with Crippen LogP contribution < -0.4 is 19.5 Å². The summed E-state index contributed by atoms with van der Waals surface area (Å²) in [6.07, 6.45) is -2.18. The number of halogens is 1. The molecule has 18 heteroatoms. The van der Waals surface area contributed by atoms with E-state index in [1.807, 2.05) is 22.6 Å². The van der Waals surface area contributed by atoms with E-state index in [4.69, 9.17) is 14.2 Å². The molecule has 0 saturated heterocycles. The number of aliphatic hydroxyl groups is 1. The quantitative estimate of drug-likeness (QED) is 0.189. The molecule has 0 aromatic heterocycles. The van der Waals surface area contributed by atoms with Crippen LogP contribution in [0.25, 0.3) is 0 Å². The number of amidine groups is 1. The van der Waals surface area contributed by atoms with Crippen molar-refractivity contribution in [2.75, 3.05) is 34.0 Å². The molecule has 0 fully saturated rings. The van der Waals surface area contributed by atoms with Crippen molar-refractivity contribution >= 4 is 54.6 Å². The van der Waals surface area contributed by atoms with E-state index >= 15 is 0 Å². The number of carbonyl (C=O) groups is 1. The first-order chi connectivity index (χ1) is 23.5. The first-order valence-corrected chi connectivity index (χ1v) is 19.2. The van der Waals surface area contributed by atoms with Gasteiger partial charge < -0.3 is 24.6 Å². The number of ether oxygens (including phenoxy) is 3. The lowest BCUT2D eigenvalue weighted by Gasteiger charge is -2.26. The van der Waals surface area contributed by atoms with Crippen LogP contribution >= 0.6 is 22.6 Å². The summed E-state index contributed by atoms with van der Waals surface area (Å²) >= 11 is 1.90. The molecule has 0 aliphatic carbocycles. The number of nitrogens with one attached hydrogen (secondary N) is 2. The number of methoxy groups -OCH3 is 2. The Kier molecular flexibility index (Phi) is 12.9.